The lowest BCUT2D eigenvalue weighted by molar-refractivity contribution is 0.0954. The molecule has 0 aromatic heterocycles. The van der Waals surface area contributed by atoms with Crippen LogP contribution in [0.3, 0.4) is 0 Å². The topological polar surface area (TPSA) is 73.5 Å². The van der Waals surface area contributed by atoms with Crippen LogP contribution in [0.4, 0.5) is 21.9 Å². The van der Waals surface area contributed by atoms with Crippen molar-refractivity contribution in [2.24, 2.45) is 5.92 Å². The molecule has 0 bridgehead atoms. The first-order valence-corrected chi connectivity index (χ1v) is 12.4. The first kappa shape index (κ1) is 24.6. The lowest BCUT2D eigenvalue weighted by atomic mass is 9.97. The van der Waals surface area contributed by atoms with E-state index in [1.807, 2.05) is 30.3 Å². The molecule has 182 valence electrons. The number of nitrogens with one attached hydrogen (secondary N) is 3. The van der Waals surface area contributed by atoms with Gasteiger partial charge >= 0.3 is 6.03 Å². The fourth-order valence-corrected chi connectivity index (χ4v) is 4.43. The number of hydrogen-bond acceptors (Lipinski definition) is 3. The zero-order chi connectivity index (χ0) is 24.6. The van der Waals surface area contributed by atoms with E-state index in [0.29, 0.717) is 34.4 Å². The number of hydrogen-bond donors (Lipinski definition) is 3. The van der Waals surface area contributed by atoms with Crippen molar-refractivity contribution < 1.29 is 9.59 Å². The van der Waals surface area contributed by atoms with E-state index in [1.54, 1.807) is 30.3 Å². The number of carbonyl (C=O) groups excluding carboxylic acids is 2. The zero-order valence-electron chi connectivity index (χ0n) is 19.9. The number of urea groups is 1. The van der Waals surface area contributed by atoms with Gasteiger partial charge in [-0.25, -0.2) is 4.79 Å². The van der Waals surface area contributed by atoms with Crippen LogP contribution in [0.25, 0.3) is 0 Å². The Morgan fingerprint density at radius 2 is 1.63 bits per heavy atom. The molecule has 0 atom stereocenters. The van der Waals surface area contributed by atoms with Crippen molar-refractivity contribution in [3.8, 4) is 0 Å². The van der Waals surface area contributed by atoms with E-state index < -0.39 is 6.03 Å². The third-order valence-corrected chi connectivity index (χ3v) is 6.48. The van der Waals surface area contributed by atoms with Gasteiger partial charge in [0.1, 0.15) is 0 Å². The Kier molecular flexibility index (Phi) is 8.27. The Balaban J connectivity index is 1.48. The highest BCUT2D eigenvalue weighted by atomic mass is 35.5. The molecule has 1 aliphatic rings. The zero-order valence-corrected chi connectivity index (χ0v) is 20.6. The molecule has 1 saturated heterocycles. The second-order valence-electron chi connectivity index (χ2n) is 8.98. The summed E-state index contributed by atoms with van der Waals surface area (Å²) < 4.78 is 0. The highest BCUT2D eigenvalue weighted by Crippen LogP contribution is 2.29. The molecule has 0 unspecified atom stereocenters. The van der Waals surface area contributed by atoms with Gasteiger partial charge in [0.15, 0.2) is 0 Å². The first-order chi connectivity index (χ1) is 17.0. The number of anilines is 3. The minimum atomic E-state index is -0.401. The van der Waals surface area contributed by atoms with E-state index in [9.17, 15) is 9.59 Å². The standard InChI is InChI=1S/C28H31ClN4O2/c1-20-13-16-33(17-14-20)26-11-10-24(32-28(35)31-23-9-5-8-22(29)18-23)19-25(26)27(34)30-15-12-21-6-3-2-4-7-21/h2-11,18-20H,12-17H2,1H3,(H,30,34)(H2,31,32,35). The fourth-order valence-electron chi connectivity index (χ4n) is 4.24. The van der Waals surface area contributed by atoms with E-state index in [-0.39, 0.29) is 5.91 Å². The fraction of sp³-hybridized carbons (Fsp3) is 0.286. The molecule has 6 nitrogen and oxygen atoms in total. The Labute approximate surface area is 211 Å². The van der Waals surface area contributed by atoms with Gasteiger partial charge in [0.2, 0.25) is 0 Å². The SMILES string of the molecule is CC1CCN(c2ccc(NC(=O)Nc3cccc(Cl)c3)cc2C(=O)NCCc2ccccc2)CC1. The van der Waals surface area contributed by atoms with Gasteiger partial charge in [0, 0.05) is 41.7 Å². The Bertz CT molecular complexity index is 1160. The molecule has 35 heavy (non-hydrogen) atoms. The maximum absolute atomic E-state index is 13.2. The number of rotatable bonds is 7. The molecule has 0 spiro atoms. The smallest absolute Gasteiger partial charge is 0.323 e. The largest absolute Gasteiger partial charge is 0.371 e. The molecule has 0 saturated carbocycles. The normalized spacial score (nSPS) is 13.8. The molecule has 7 heteroatoms. The predicted octanol–water partition coefficient (Wildman–Crippen LogP) is 6.19. The van der Waals surface area contributed by atoms with Crippen LogP contribution < -0.4 is 20.9 Å². The second kappa shape index (κ2) is 11.8. The van der Waals surface area contributed by atoms with Gasteiger partial charge in [0.25, 0.3) is 5.91 Å². The summed E-state index contributed by atoms with van der Waals surface area (Å²) in [6.45, 7) is 4.62. The van der Waals surface area contributed by atoms with Crippen molar-refractivity contribution >= 4 is 40.6 Å². The van der Waals surface area contributed by atoms with E-state index in [4.69, 9.17) is 11.6 Å². The molecule has 3 amide bonds. The molecule has 4 rings (SSSR count). The summed E-state index contributed by atoms with van der Waals surface area (Å²) in [5, 5.41) is 9.20. The van der Waals surface area contributed by atoms with Crippen LogP contribution in [-0.4, -0.2) is 31.6 Å². The van der Waals surface area contributed by atoms with E-state index in [1.165, 1.54) is 5.56 Å². The van der Waals surface area contributed by atoms with Crippen LogP contribution in [0.5, 0.6) is 0 Å². The molecular weight excluding hydrogens is 460 g/mol. The van der Waals surface area contributed by atoms with Crippen LogP contribution in [-0.2, 0) is 6.42 Å². The molecule has 1 fully saturated rings. The average molecular weight is 491 g/mol. The van der Waals surface area contributed by atoms with Gasteiger partial charge < -0.3 is 20.9 Å². The summed E-state index contributed by atoms with van der Waals surface area (Å²) in [5.41, 5.74) is 3.77. The first-order valence-electron chi connectivity index (χ1n) is 12.0. The number of piperidine rings is 1. The van der Waals surface area contributed by atoms with Crippen LogP contribution in [0, 0.1) is 5.92 Å². The van der Waals surface area contributed by atoms with Crippen molar-refractivity contribution in [3.05, 3.63) is 88.9 Å². The van der Waals surface area contributed by atoms with Gasteiger partial charge in [-0.3, -0.25) is 4.79 Å². The molecule has 0 radical (unpaired) electrons. The third-order valence-electron chi connectivity index (χ3n) is 6.25. The van der Waals surface area contributed by atoms with Crippen molar-refractivity contribution in [2.75, 3.05) is 35.2 Å². The van der Waals surface area contributed by atoms with Gasteiger partial charge in [-0.2, -0.15) is 0 Å². The number of amides is 3. The molecule has 1 aliphatic heterocycles. The van der Waals surface area contributed by atoms with Crippen LogP contribution >= 0.6 is 11.6 Å². The van der Waals surface area contributed by atoms with Crippen molar-refractivity contribution in [1.29, 1.82) is 0 Å². The van der Waals surface area contributed by atoms with Crippen molar-refractivity contribution in [3.63, 3.8) is 0 Å². The molecule has 3 aromatic carbocycles. The molecular formula is C28H31ClN4O2. The summed E-state index contributed by atoms with van der Waals surface area (Å²) in [7, 11) is 0. The minimum absolute atomic E-state index is 0.145. The van der Waals surface area contributed by atoms with Crippen LogP contribution in [0.2, 0.25) is 5.02 Å². The highest BCUT2D eigenvalue weighted by Gasteiger charge is 2.22. The van der Waals surface area contributed by atoms with Gasteiger partial charge in [0.05, 0.1) is 5.56 Å². The number of benzene rings is 3. The van der Waals surface area contributed by atoms with Crippen LogP contribution in [0.1, 0.15) is 35.7 Å². The summed E-state index contributed by atoms with van der Waals surface area (Å²) >= 11 is 6.00. The van der Waals surface area contributed by atoms with Gasteiger partial charge in [-0.05, 0) is 67.1 Å². The highest BCUT2D eigenvalue weighted by molar-refractivity contribution is 6.30. The molecule has 1 heterocycles. The maximum Gasteiger partial charge on any atom is 0.323 e. The Morgan fingerprint density at radius 1 is 0.914 bits per heavy atom. The summed E-state index contributed by atoms with van der Waals surface area (Å²) in [5.74, 6) is 0.541. The number of halogens is 1. The lowest BCUT2D eigenvalue weighted by Gasteiger charge is -2.33. The van der Waals surface area contributed by atoms with Crippen LogP contribution in [0.15, 0.2) is 72.8 Å². The molecule has 3 N–H and O–H groups in total. The second-order valence-corrected chi connectivity index (χ2v) is 9.42. The number of carbonyl (C=O) groups is 2. The number of nitrogens with zero attached hydrogens (tertiary/aromatic N) is 1. The molecule has 3 aromatic rings. The quantitative estimate of drug-likeness (QED) is 0.369. The Morgan fingerprint density at radius 3 is 2.34 bits per heavy atom. The summed E-state index contributed by atoms with van der Waals surface area (Å²) in [6, 6.07) is 22.1. The minimum Gasteiger partial charge on any atom is -0.371 e. The third kappa shape index (κ3) is 6.99. The monoisotopic (exact) mass is 490 g/mol. The average Bonchev–Trinajstić information content (AvgIpc) is 2.85. The predicted molar refractivity (Wildman–Crippen MR) is 144 cm³/mol. The van der Waals surface area contributed by atoms with Gasteiger partial charge in [-0.15, -0.1) is 0 Å². The lowest BCUT2D eigenvalue weighted by Crippen LogP contribution is -2.35. The summed E-state index contributed by atoms with van der Waals surface area (Å²) in [6.07, 6.45) is 2.94. The van der Waals surface area contributed by atoms with Gasteiger partial charge in [-0.1, -0.05) is 54.9 Å². The van der Waals surface area contributed by atoms with E-state index in [2.05, 4.69) is 39.9 Å². The van der Waals surface area contributed by atoms with E-state index >= 15 is 0 Å². The maximum atomic E-state index is 13.2. The van der Waals surface area contributed by atoms with Crippen molar-refractivity contribution in [2.45, 2.75) is 26.2 Å². The summed E-state index contributed by atoms with van der Waals surface area (Å²) in [4.78, 5) is 28.1. The van der Waals surface area contributed by atoms with E-state index in [0.717, 1.165) is 38.0 Å². The van der Waals surface area contributed by atoms with Crippen molar-refractivity contribution in [1.82, 2.24) is 5.32 Å². The molecule has 0 aliphatic carbocycles. The Hall–Kier alpha value is -3.51.